The third kappa shape index (κ3) is 4.39. The number of likely N-dealkylation sites (N-methyl/N-ethyl adjacent to an activating group) is 1. The Kier molecular flexibility index (Phi) is 6.05. The van der Waals surface area contributed by atoms with E-state index in [1.54, 1.807) is 12.4 Å². The number of amides is 2. The van der Waals surface area contributed by atoms with Crippen molar-refractivity contribution < 1.29 is 9.59 Å². The molecular formula is C20H29N3O2. The highest BCUT2D eigenvalue weighted by Crippen LogP contribution is 2.33. The van der Waals surface area contributed by atoms with Crippen LogP contribution in [-0.4, -0.2) is 53.3 Å². The molecule has 1 aliphatic heterocycles. The number of carbonyl (C=O) groups excluding carboxylic acids is 2. The molecule has 0 aromatic carbocycles. The fourth-order valence-corrected chi connectivity index (χ4v) is 4.13. The van der Waals surface area contributed by atoms with E-state index in [1.807, 2.05) is 29.0 Å². The van der Waals surface area contributed by atoms with Crippen LogP contribution in [0.3, 0.4) is 0 Å². The average Bonchev–Trinajstić information content (AvgIpc) is 3.20. The van der Waals surface area contributed by atoms with Crippen LogP contribution in [0.25, 0.3) is 0 Å². The van der Waals surface area contributed by atoms with Crippen LogP contribution < -0.4 is 0 Å². The molecular weight excluding hydrogens is 314 g/mol. The summed E-state index contributed by atoms with van der Waals surface area (Å²) in [6.45, 7) is 2.42. The summed E-state index contributed by atoms with van der Waals surface area (Å²) in [6, 6.07) is 3.97. The number of pyridine rings is 1. The Hall–Kier alpha value is -1.91. The minimum absolute atomic E-state index is 0.109. The smallest absolute Gasteiger partial charge is 0.226 e. The molecule has 2 atom stereocenters. The number of hydrogen-bond donors (Lipinski definition) is 0. The van der Waals surface area contributed by atoms with Crippen molar-refractivity contribution in [2.75, 3.05) is 26.7 Å². The van der Waals surface area contributed by atoms with Crippen molar-refractivity contribution in [2.45, 2.75) is 44.9 Å². The van der Waals surface area contributed by atoms with Crippen molar-refractivity contribution in [3.8, 4) is 0 Å². The highest BCUT2D eigenvalue weighted by molar-refractivity contribution is 5.88. The van der Waals surface area contributed by atoms with E-state index in [-0.39, 0.29) is 23.7 Å². The zero-order chi connectivity index (χ0) is 17.6. The Bertz CT molecular complexity index is 584. The molecule has 2 fully saturated rings. The van der Waals surface area contributed by atoms with Crippen molar-refractivity contribution in [3.05, 3.63) is 30.1 Å². The molecule has 0 unspecified atom stereocenters. The molecule has 1 aromatic rings. The third-order valence-electron chi connectivity index (χ3n) is 5.68. The van der Waals surface area contributed by atoms with Crippen LogP contribution in [-0.2, 0) is 16.0 Å². The van der Waals surface area contributed by atoms with Gasteiger partial charge in [-0.3, -0.25) is 14.6 Å². The summed E-state index contributed by atoms with van der Waals surface area (Å²) < 4.78 is 0. The fraction of sp³-hybridized carbons (Fsp3) is 0.650. The van der Waals surface area contributed by atoms with E-state index in [1.165, 1.54) is 5.56 Å². The van der Waals surface area contributed by atoms with Gasteiger partial charge in [0.15, 0.2) is 0 Å². The SMILES string of the molecule is CN(CCc1ccncc1)C(=O)[C@@H]1CCCC[C@@H]1C(=O)N1CCCC1. The molecule has 0 N–H and O–H groups in total. The molecule has 0 radical (unpaired) electrons. The Morgan fingerprint density at radius 3 is 2.40 bits per heavy atom. The molecule has 2 amide bonds. The topological polar surface area (TPSA) is 53.5 Å². The highest BCUT2D eigenvalue weighted by Gasteiger charge is 2.39. The second-order valence-corrected chi connectivity index (χ2v) is 7.40. The van der Waals surface area contributed by atoms with Gasteiger partial charge in [0, 0.05) is 50.9 Å². The lowest BCUT2D eigenvalue weighted by atomic mass is 9.77. The van der Waals surface area contributed by atoms with Gasteiger partial charge in [0.1, 0.15) is 0 Å². The first-order valence-corrected chi connectivity index (χ1v) is 9.59. The molecule has 0 bridgehead atoms. The Labute approximate surface area is 150 Å². The molecule has 1 saturated carbocycles. The Morgan fingerprint density at radius 1 is 1.08 bits per heavy atom. The lowest BCUT2D eigenvalue weighted by Gasteiger charge is -2.34. The quantitative estimate of drug-likeness (QED) is 0.825. The highest BCUT2D eigenvalue weighted by atomic mass is 16.2. The number of carbonyl (C=O) groups is 2. The van der Waals surface area contributed by atoms with Crippen molar-refractivity contribution in [3.63, 3.8) is 0 Å². The predicted octanol–water partition coefficient (Wildman–Crippen LogP) is 2.51. The number of rotatable bonds is 5. The maximum atomic E-state index is 13.0. The zero-order valence-electron chi connectivity index (χ0n) is 15.2. The zero-order valence-corrected chi connectivity index (χ0v) is 15.2. The molecule has 25 heavy (non-hydrogen) atoms. The van der Waals surface area contributed by atoms with E-state index in [2.05, 4.69) is 4.98 Å². The van der Waals surface area contributed by atoms with Gasteiger partial charge in [0.05, 0.1) is 0 Å². The minimum Gasteiger partial charge on any atom is -0.345 e. The van der Waals surface area contributed by atoms with Crippen LogP contribution >= 0.6 is 0 Å². The third-order valence-corrected chi connectivity index (χ3v) is 5.68. The van der Waals surface area contributed by atoms with E-state index >= 15 is 0 Å². The lowest BCUT2D eigenvalue weighted by Crippen LogP contribution is -2.45. The normalized spacial score (nSPS) is 23.5. The van der Waals surface area contributed by atoms with Gasteiger partial charge in [-0.05, 0) is 49.8 Å². The van der Waals surface area contributed by atoms with Gasteiger partial charge in [-0.15, -0.1) is 0 Å². The van der Waals surface area contributed by atoms with Crippen molar-refractivity contribution >= 4 is 11.8 Å². The molecule has 3 rings (SSSR count). The first-order chi connectivity index (χ1) is 12.2. The van der Waals surface area contributed by atoms with E-state index in [0.717, 1.165) is 58.0 Å². The Balaban J connectivity index is 1.60. The molecule has 1 aromatic heterocycles. The molecule has 0 spiro atoms. The molecule has 2 heterocycles. The predicted molar refractivity (Wildman–Crippen MR) is 96.8 cm³/mol. The lowest BCUT2D eigenvalue weighted by molar-refractivity contribution is -0.147. The van der Waals surface area contributed by atoms with Gasteiger partial charge in [0.25, 0.3) is 0 Å². The summed E-state index contributed by atoms with van der Waals surface area (Å²) >= 11 is 0. The average molecular weight is 343 g/mol. The second-order valence-electron chi connectivity index (χ2n) is 7.40. The summed E-state index contributed by atoms with van der Waals surface area (Å²) in [5.74, 6) is 0.122. The molecule has 5 heteroatoms. The number of aromatic nitrogens is 1. The standard InChI is InChI=1S/C20H29N3O2/c1-22(15-10-16-8-11-21-12-9-16)19(24)17-6-2-3-7-18(17)20(25)23-13-4-5-14-23/h8-9,11-12,17-18H,2-7,10,13-15H2,1H3/t17-,18+/m1/s1. The second kappa shape index (κ2) is 8.45. The molecule has 2 aliphatic rings. The largest absolute Gasteiger partial charge is 0.345 e. The maximum Gasteiger partial charge on any atom is 0.226 e. The molecule has 1 aliphatic carbocycles. The minimum atomic E-state index is -0.135. The van der Waals surface area contributed by atoms with Crippen LogP contribution in [0.1, 0.15) is 44.1 Å². The maximum absolute atomic E-state index is 13.0. The molecule has 136 valence electrons. The van der Waals surface area contributed by atoms with Gasteiger partial charge < -0.3 is 9.80 Å². The summed E-state index contributed by atoms with van der Waals surface area (Å²) in [4.78, 5) is 33.7. The number of nitrogens with zero attached hydrogens (tertiary/aromatic N) is 3. The monoisotopic (exact) mass is 343 g/mol. The first-order valence-electron chi connectivity index (χ1n) is 9.59. The summed E-state index contributed by atoms with van der Waals surface area (Å²) in [7, 11) is 1.87. The van der Waals surface area contributed by atoms with Crippen LogP contribution in [0.5, 0.6) is 0 Å². The van der Waals surface area contributed by atoms with Gasteiger partial charge in [-0.1, -0.05) is 12.8 Å². The summed E-state index contributed by atoms with van der Waals surface area (Å²) in [6.07, 6.45) is 10.4. The van der Waals surface area contributed by atoms with E-state index in [0.29, 0.717) is 6.54 Å². The van der Waals surface area contributed by atoms with Gasteiger partial charge in [-0.25, -0.2) is 0 Å². The van der Waals surface area contributed by atoms with E-state index < -0.39 is 0 Å². The van der Waals surface area contributed by atoms with Crippen LogP contribution in [0, 0.1) is 11.8 Å². The van der Waals surface area contributed by atoms with Gasteiger partial charge >= 0.3 is 0 Å². The number of likely N-dealkylation sites (tertiary alicyclic amines) is 1. The molecule has 5 nitrogen and oxygen atoms in total. The van der Waals surface area contributed by atoms with Crippen LogP contribution in [0.15, 0.2) is 24.5 Å². The summed E-state index contributed by atoms with van der Waals surface area (Å²) in [5.41, 5.74) is 1.18. The van der Waals surface area contributed by atoms with E-state index in [9.17, 15) is 9.59 Å². The first kappa shape index (κ1) is 17.9. The van der Waals surface area contributed by atoms with E-state index in [4.69, 9.17) is 0 Å². The van der Waals surface area contributed by atoms with Crippen molar-refractivity contribution in [2.24, 2.45) is 11.8 Å². The fourth-order valence-electron chi connectivity index (χ4n) is 4.13. The van der Waals surface area contributed by atoms with Crippen molar-refractivity contribution in [1.29, 1.82) is 0 Å². The van der Waals surface area contributed by atoms with Crippen molar-refractivity contribution in [1.82, 2.24) is 14.8 Å². The number of hydrogen-bond acceptors (Lipinski definition) is 3. The molecule has 1 saturated heterocycles. The Morgan fingerprint density at radius 2 is 1.72 bits per heavy atom. The van der Waals surface area contributed by atoms with Crippen LogP contribution in [0.4, 0.5) is 0 Å². The van der Waals surface area contributed by atoms with Crippen LogP contribution in [0.2, 0.25) is 0 Å². The van der Waals surface area contributed by atoms with Gasteiger partial charge in [-0.2, -0.15) is 0 Å². The summed E-state index contributed by atoms with van der Waals surface area (Å²) in [5, 5.41) is 0. The van der Waals surface area contributed by atoms with Gasteiger partial charge in [0.2, 0.25) is 11.8 Å².